The Morgan fingerprint density at radius 3 is 2.45 bits per heavy atom. The number of aryl methyl sites for hydroxylation is 1. The van der Waals surface area contributed by atoms with Crippen molar-refractivity contribution >= 4 is 22.4 Å². The van der Waals surface area contributed by atoms with E-state index in [2.05, 4.69) is 36.8 Å². The summed E-state index contributed by atoms with van der Waals surface area (Å²) in [6.07, 6.45) is 7.39. The number of likely N-dealkylation sites (N-methyl/N-ethyl adjacent to an activating group) is 1. The van der Waals surface area contributed by atoms with Crippen molar-refractivity contribution in [3.05, 3.63) is 66.1 Å². The Bertz CT molecular complexity index is 1320. The third-order valence-electron chi connectivity index (χ3n) is 6.38. The predicted molar refractivity (Wildman–Crippen MR) is 128 cm³/mol. The van der Waals surface area contributed by atoms with Crippen LogP contribution in [0.25, 0.3) is 22.2 Å². The van der Waals surface area contributed by atoms with Gasteiger partial charge in [0.15, 0.2) is 5.78 Å². The number of hydrogen-bond donors (Lipinski definition) is 0. The summed E-state index contributed by atoms with van der Waals surface area (Å²) >= 11 is 0. The third kappa shape index (κ3) is 4.34. The Morgan fingerprint density at radius 2 is 1.70 bits per heavy atom. The second kappa shape index (κ2) is 8.71. The number of pyridine rings is 3. The summed E-state index contributed by atoms with van der Waals surface area (Å²) in [5.74, 6) is 1.83. The quantitative estimate of drug-likeness (QED) is 0.441. The van der Waals surface area contributed by atoms with Crippen molar-refractivity contribution in [1.29, 1.82) is 0 Å². The summed E-state index contributed by atoms with van der Waals surface area (Å²) in [5.41, 5.74) is 3.21. The molecule has 0 aromatic carbocycles. The number of piperazine rings is 1. The standard InChI is InChI=1S/C25H27N7O/c1-17-27-16-23(31(17)3)22-11-19-10-21(28-14-20(19)15-29-22)13-24(33)18-4-5-26-25(12-18)32-8-6-30(2)7-9-32/h4-5,10-12,14-16H,6-9,13H2,1-3H3. The van der Waals surface area contributed by atoms with E-state index < -0.39 is 0 Å². The van der Waals surface area contributed by atoms with Gasteiger partial charge in [-0.3, -0.25) is 14.8 Å². The zero-order chi connectivity index (χ0) is 22.9. The first-order valence-electron chi connectivity index (χ1n) is 11.1. The molecule has 4 aromatic heterocycles. The van der Waals surface area contributed by atoms with Crippen LogP contribution in [0.15, 0.2) is 49.1 Å². The highest BCUT2D eigenvalue weighted by atomic mass is 16.1. The number of imidazole rings is 1. The van der Waals surface area contributed by atoms with Crippen molar-refractivity contribution in [2.75, 3.05) is 38.1 Å². The van der Waals surface area contributed by atoms with Gasteiger partial charge in [0.25, 0.3) is 0 Å². The van der Waals surface area contributed by atoms with Gasteiger partial charge in [0, 0.05) is 68.5 Å². The largest absolute Gasteiger partial charge is 0.354 e. The minimum Gasteiger partial charge on any atom is -0.354 e. The van der Waals surface area contributed by atoms with Crippen LogP contribution in [0.3, 0.4) is 0 Å². The van der Waals surface area contributed by atoms with Gasteiger partial charge in [-0.05, 0) is 43.6 Å². The lowest BCUT2D eigenvalue weighted by Crippen LogP contribution is -2.44. The van der Waals surface area contributed by atoms with Gasteiger partial charge in [0.1, 0.15) is 11.6 Å². The molecule has 4 aromatic rings. The van der Waals surface area contributed by atoms with Gasteiger partial charge in [0.2, 0.25) is 0 Å². The van der Waals surface area contributed by atoms with Gasteiger partial charge in [-0.1, -0.05) is 0 Å². The van der Waals surface area contributed by atoms with Gasteiger partial charge in [0.05, 0.1) is 24.0 Å². The smallest absolute Gasteiger partial charge is 0.169 e. The van der Waals surface area contributed by atoms with Crippen LogP contribution in [0.4, 0.5) is 5.82 Å². The average Bonchev–Trinajstić information content (AvgIpc) is 3.17. The minimum absolute atomic E-state index is 0.0381. The first-order valence-corrected chi connectivity index (χ1v) is 11.1. The fraction of sp³-hybridized carbons (Fsp3) is 0.320. The summed E-state index contributed by atoms with van der Waals surface area (Å²) in [7, 11) is 4.10. The van der Waals surface area contributed by atoms with Crippen LogP contribution in [0.5, 0.6) is 0 Å². The molecule has 1 fully saturated rings. The van der Waals surface area contributed by atoms with Crippen LogP contribution in [-0.4, -0.2) is 68.4 Å². The van der Waals surface area contributed by atoms with Crippen LogP contribution < -0.4 is 4.90 Å². The van der Waals surface area contributed by atoms with E-state index in [1.54, 1.807) is 18.5 Å². The van der Waals surface area contributed by atoms with Crippen LogP contribution >= 0.6 is 0 Å². The molecule has 5 rings (SSSR count). The Kier molecular flexibility index (Phi) is 5.60. The van der Waals surface area contributed by atoms with Crippen LogP contribution in [0.2, 0.25) is 0 Å². The molecule has 0 saturated carbocycles. The molecular formula is C25H27N7O. The molecule has 0 N–H and O–H groups in total. The van der Waals surface area contributed by atoms with E-state index in [0.717, 1.165) is 65.7 Å². The molecule has 0 unspecified atom stereocenters. The van der Waals surface area contributed by atoms with Gasteiger partial charge in [-0.2, -0.15) is 0 Å². The highest BCUT2D eigenvalue weighted by molar-refractivity contribution is 5.98. The molecular weight excluding hydrogens is 414 g/mol. The van der Waals surface area contributed by atoms with E-state index in [1.165, 1.54) is 0 Å². The SMILES string of the molecule is Cc1ncc(-c2cc3cc(CC(=O)c4ccnc(N5CCN(C)CC5)c4)ncc3cn2)n1C. The summed E-state index contributed by atoms with van der Waals surface area (Å²) in [5, 5.41) is 1.94. The number of nitrogens with zero attached hydrogens (tertiary/aromatic N) is 7. The number of carbonyl (C=O) groups is 1. The predicted octanol–water partition coefficient (Wildman–Crippen LogP) is 2.91. The number of rotatable bonds is 5. The molecule has 8 heteroatoms. The van der Waals surface area contributed by atoms with Gasteiger partial charge < -0.3 is 14.4 Å². The van der Waals surface area contributed by atoms with Gasteiger partial charge >= 0.3 is 0 Å². The average molecular weight is 442 g/mol. The maximum Gasteiger partial charge on any atom is 0.169 e. The zero-order valence-corrected chi connectivity index (χ0v) is 19.2. The first kappa shape index (κ1) is 21.2. The number of ketones is 1. The second-order valence-corrected chi connectivity index (χ2v) is 8.63. The monoisotopic (exact) mass is 441 g/mol. The van der Waals surface area contributed by atoms with E-state index in [9.17, 15) is 4.79 Å². The number of anilines is 1. The molecule has 1 aliphatic heterocycles. The molecule has 5 heterocycles. The van der Waals surface area contributed by atoms with E-state index in [4.69, 9.17) is 0 Å². The zero-order valence-electron chi connectivity index (χ0n) is 19.2. The molecule has 33 heavy (non-hydrogen) atoms. The highest BCUT2D eigenvalue weighted by Gasteiger charge is 2.17. The molecule has 0 aliphatic carbocycles. The summed E-state index contributed by atoms with van der Waals surface area (Å²) < 4.78 is 2.02. The van der Waals surface area contributed by atoms with Gasteiger partial charge in [-0.25, -0.2) is 9.97 Å². The van der Waals surface area contributed by atoms with Crippen LogP contribution in [-0.2, 0) is 13.5 Å². The summed E-state index contributed by atoms with van der Waals surface area (Å²) in [4.78, 5) is 35.5. The number of aromatic nitrogens is 5. The second-order valence-electron chi connectivity index (χ2n) is 8.63. The Hall–Kier alpha value is -3.65. The van der Waals surface area contributed by atoms with E-state index >= 15 is 0 Å². The van der Waals surface area contributed by atoms with Crippen molar-refractivity contribution in [1.82, 2.24) is 29.4 Å². The summed E-state index contributed by atoms with van der Waals surface area (Å²) in [6.45, 7) is 5.79. The summed E-state index contributed by atoms with van der Waals surface area (Å²) in [6, 6.07) is 7.70. The third-order valence-corrected chi connectivity index (χ3v) is 6.38. The Morgan fingerprint density at radius 1 is 0.909 bits per heavy atom. The molecule has 1 aliphatic rings. The highest BCUT2D eigenvalue weighted by Crippen LogP contribution is 2.23. The number of Topliss-reactive ketones (excluding diaryl/α,β-unsaturated/α-hetero) is 1. The first-order chi connectivity index (χ1) is 16.0. The lowest BCUT2D eigenvalue weighted by atomic mass is 10.1. The molecule has 1 saturated heterocycles. The Labute approximate surface area is 192 Å². The molecule has 168 valence electrons. The fourth-order valence-corrected chi connectivity index (χ4v) is 4.13. The van der Waals surface area contributed by atoms with Crippen LogP contribution in [0.1, 0.15) is 21.9 Å². The minimum atomic E-state index is 0.0381. The van der Waals surface area contributed by atoms with Crippen molar-refractivity contribution in [2.45, 2.75) is 13.3 Å². The maximum absolute atomic E-state index is 13.1. The molecule has 0 bridgehead atoms. The van der Waals surface area contributed by atoms with Crippen molar-refractivity contribution in [3.8, 4) is 11.4 Å². The molecule has 0 radical (unpaired) electrons. The molecule has 0 atom stereocenters. The number of hydrogen-bond acceptors (Lipinski definition) is 7. The normalized spacial score (nSPS) is 14.7. The number of carbonyl (C=O) groups excluding carboxylic acids is 1. The molecule has 0 amide bonds. The van der Waals surface area contributed by atoms with E-state index in [-0.39, 0.29) is 12.2 Å². The van der Waals surface area contributed by atoms with Crippen LogP contribution in [0, 0.1) is 6.92 Å². The molecule has 8 nitrogen and oxygen atoms in total. The van der Waals surface area contributed by atoms with E-state index in [0.29, 0.717) is 5.56 Å². The fourth-order valence-electron chi connectivity index (χ4n) is 4.13. The van der Waals surface area contributed by atoms with Crippen molar-refractivity contribution in [3.63, 3.8) is 0 Å². The number of fused-ring (bicyclic) bond motifs is 1. The van der Waals surface area contributed by atoms with Gasteiger partial charge in [-0.15, -0.1) is 0 Å². The van der Waals surface area contributed by atoms with Crippen molar-refractivity contribution < 1.29 is 4.79 Å². The van der Waals surface area contributed by atoms with E-state index in [1.807, 2.05) is 49.1 Å². The maximum atomic E-state index is 13.1. The molecule has 0 spiro atoms. The lowest BCUT2D eigenvalue weighted by Gasteiger charge is -2.33. The topological polar surface area (TPSA) is 80.0 Å². The Balaban J connectivity index is 1.37. The lowest BCUT2D eigenvalue weighted by molar-refractivity contribution is 0.0992. The van der Waals surface area contributed by atoms with Crippen molar-refractivity contribution in [2.24, 2.45) is 7.05 Å².